The van der Waals surface area contributed by atoms with Crippen LogP contribution in [0.5, 0.6) is 5.88 Å². The summed E-state index contributed by atoms with van der Waals surface area (Å²) in [4.78, 5) is 24.6. The number of imidazole rings is 1. The second kappa shape index (κ2) is 9.29. The lowest BCUT2D eigenvalue weighted by atomic mass is 9.97. The smallest absolute Gasteiger partial charge is 0.324 e. The number of halogens is 2. The fourth-order valence-corrected chi connectivity index (χ4v) is 3.35. The number of carbonyl (C=O) groups is 1. The van der Waals surface area contributed by atoms with E-state index in [4.69, 9.17) is 14.2 Å². The number of aliphatic hydroxyl groups is 2. The van der Waals surface area contributed by atoms with Crippen LogP contribution in [0.4, 0.5) is 14.7 Å². The first-order valence-electron chi connectivity index (χ1n) is 10.3. The number of ether oxygens (including phenoxy) is 3. The minimum atomic E-state index is -3.12. The normalized spacial score (nSPS) is 29.1. The Morgan fingerprint density at radius 3 is 2.70 bits per heavy atom. The SMILES string of the molecule is CCOc1nc(NC(C)OC(=O)[C@H](C)NC)nc2c1ncn2[C@@H]1O[C@](F)(CO)[C@@H](F)[C@@]1(C)O. The fraction of sp³-hybridized carbons (Fsp3) is 0.684. The van der Waals surface area contributed by atoms with Gasteiger partial charge in [-0.1, -0.05) is 0 Å². The number of alkyl halides is 2. The fourth-order valence-electron chi connectivity index (χ4n) is 3.35. The van der Waals surface area contributed by atoms with Crippen LogP contribution in [0.1, 0.15) is 33.9 Å². The predicted octanol–water partition coefficient (Wildman–Crippen LogP) is 0.410. The van der Waals surface area contributed by atoms with Crippen LogP contribution in [0, 0.1) is 0 Å². The van der Waals surface area contributed by atoms with E-state index in [1.54, 1.807) is 27.8 Å². The molecule has 0 spiro atoms. The highest BCUT2D eigenvalue weighted by Crippen LogP contribution is 2.47. The van der Waals surface area contributed by atoms with Gasteiger partial charge in [-0.3, -0.25) is 9.36 Å². The Balaban J connectivity index is 1.99. The van der Waals surface area contributed by atoms with Crippen LogP contribution in [-0.4, -0.2) is 85.9 Å². The average Bonchev–Trinajstić information content (AvgIpc) is 3.26. The van der Waals surface area contributed by atoms with Gasteiger partial charge in [0, 0.05) is 0 Å². The second-order valence-electron chi connectivity index (χ2n) is 7.85. The summed E-state index contributed by atoms with van der Waals surface area (Å²) in [7, 11) is 1.61. The molecule has 0 aromatic carbocycles. The highest BCUT2D eigenvalue weighted by atomic mass is 19.2. The van der Waals surface area contributed by atoms with Gasteiger partial charge in [-0.25, -0.2) is 13.8 Å². The molecule has 33 heavy (non-hydrogen) atoms. The van der Waals surface area contributed by atoms with E-state index in [0.717, 1.165) is 11.5 Å². The number of likely N-dealkylation sites (N-methyl/N-ethyl adjacent to an activating group) is 1. The van der Waals surface area contributed by atoms with E-state index in [0.29, 0.717) is 0 Å². The standard InChI is InChI=1S/C19H28F2N6O6/c1-6-31-13-11-12(25-17(26-13)24-10(3)32-14(29)9(2)22-5)27(8-23-11)16-18(4,30)15(20)19(21,7-28)33-16/h8-10,15-16,22,28,30H,6-7H2,1-5H3,(H,24,25,26)/t9-,10?,15-,16+,18+,19+/m0/s1. The molecule has 12 nitrogen and oxygen atoms in total. The molecule has 14 heteroatoms. The quantitative estimate of drug-likeness (QED) is 0.295. The zero-order chi connectivity index (χ0) is 24.6. The monoisotopic (exact) mass is 474 g/mol. The van der Waals surface area contributed by atoms with Crippen molar-refractivity contribution >= 4 is 23.1 Å². The van der Waals surface area contributed by atoms with E-state index in [-0.39, 0.29) is 29.6 Å². The zero-order valence-electron chi connectivity index (χ0n) is 18.9. The molecule has 2 aromatic rings. The van der Waals surface area contributed by atoms with E-state index in [9.17, 15) is 23.8 Å². The summed E-state index contributed by atoms with van der Waals surface area (Å²) in [6.07, 6.45) is -3.83. The summed E-state index contributed by atoms with van der Waals surface area (Å²) in [5.41, 5.74) is -2.19. The number of anilines is 1. The van der Waals surface area contributed by atoms with Gasteiger partial charge in [0.05, 0.1) is 12.9 Å². The Labute approximate surface area is 188 Å². The number of rotatable bonds is 9. The second-order valence-corrected chi connectivity index (χ2v) is 7.85. The van der Waals surface area contributed by atoms with Crippen LogP contribution in [-0.2, 0) is 14.3 Å². The molecule has 0 amide bonds. The van der Waals surface area contributed by atoms with Gasteiger partial charge in [-0.15, -0.1) is 0 Å². The van der Waals surface area contributed by atoms with Gasteiger partial charge in [0.1, 0.15) is 18.2 Å². The third-order valence-corrected chi connectivity index (χ3v) is 5.25. The van der Waals surface area contributed by atoms with Gasteiger partial charge in [0.2, 0.25) is 11.8 Å². The number of hydrogen-bond acceptors (Lipinski definition) is 11. The van der Waals surface area contributed by atoms with E-state index in [1.807, 2.05) is 0 Å². The largest absolute Gasteiger partial charge is 0.476 e. The van der Waals surface area contributed by atoms with Crippen molar-refractivity contribution in [3.8, 4) is 5.88 Å². The van der Waals surface area contributed by atoms with Crippen LogP contribution in [0.2, 0.25) is 0 Å². The topological polar surface area (TPSA) is 153 Å². The lowest BCUT2D eigenvalue weighted by Crippen LogP contribution is -2.45. The molecular weight excluding hydrogens is 446 g/mol. The first-order valence-corrected chi connectivity index (χ1v) is 10.3. The van der Waals surface area contributed by atoms with E-state index in [1.165, 1.54) is 6.33 Å². The molecule has 3 rings (SSSR count). The molecule has 1 unspecified atom stereocenters. The number of carbonyl (C=O) groups excluding carboxylic acids is 1. The summed E-state index contributed by atoms with van der Waals surface area (Å²) < 4.78 is 46.2. The number of aliphatic hydroxyl groups excluding tert-OH is 1. The molecule has 0 saturated carbocycles. The summed E-state index contributed by atoms with van der Waals surface area (Å²) in [6.45, 7) is 4.88. The minimum absolute atomic E-state index is 0.0257. The lowest BCUT2D eigenvalue weighted by Gasteiger charge is -2.26. The maximum absolute atomic E-state index is 14.7. The summed E-state index contributed by atoms with van der Waals surface area (Å²) in [5, 5.41) is 25.5. The van der Waals surface area contributed by atoms with Crippen molar-refractivity contribution in [3.05, 3.63) is 6.33 Å². The number of hydrogen-bond donors (Lipinski definition) is 4. The molecule has 184 valence electrons. The number of fused-ring (bicyclic) bond motifs is 1. The van der Waals surface area contributed by atoms with Gasteiger partial charge in [-0.05, 0) is 34.7 Å². The van der Waals surface area contributed by atoms with Crippen molar-refractivity contribution in [1.82, 2.24) is 24.8 Å². The lowest BCUT2D eigenvalue weighted by molar-refractivity contribution is -0.196. The van der Waals surface area contributed by atoms with Crippen molar-refractivity contribution in [1.29, 1.82) is 0 Å². The third-order valence-electron chi connectivity index (χ3n) is 5.25. The molecule has 1 fully saturated rings. The highest BCUT2D eigenvalue weighted by molar-refractivity contribution is 5.78. The number of aromatic nitrogens is 4. The summed E-state index contributed by atoms with van der Waals surface area (Å²) in [6, 6.07) is -0.541. The highest BCUT2D eigenvalue weighted by Gasteiger charge is 2.64. The molecule has 0 bridgehead atoms. The van der Waals surface area contributed by atoms with Crippen LogP contribution in [0.25, 0.3) is 11.2 Å². The van der Waals surface area contributed by atoms with Crippen LogP contribution in [0.3, 0.4) is 0 Å². The first kappa shape index (κ1) is 25.0. The predicted molar refractivity (Wildman–Crippen MR) is 111 cm³/mol. The Kier molecular flexibility index (Phi) is 7.02. The van der Waals surface area contributed by atoms with Gasteiger partial charge >= 0.3 is 5.97 Å². The molecule has 0 aliphatic carbocycles. The van der Waals surface area contributed by atoms with Crippen LogP contribution < -0.4 is 15.4 Å². The van der Waals surface area contributed by atoms with Gasteiger partial charge < -0.3 is 35.1 Å². The molecule has 1 aliphatic rings. The molecule has 6 atom stereocenters. The Hall–Kier alpha value is -2.68. The number of nitrogens with one attached hydrogen (secondary N) is 2. The van der Waals surface area contributed by atoms with Crippen molar-refractivity contribution in [2.45, 2.75) is 63.8 Å². The Bertz CT molecular complexity index is 1010. The zero-order valence-corrected chi connectivity index (χ0v) is 18.9. The van der Waals surface area contributed by atoms with E-state index < -0.39 is 48.7 Å². The minimum Gasteiger partial charge on any atom is -0.476 e. The maximum atomic E-state index is 14.7. The molecule has 0 radical (unpaired) electrons. The average molecular weight is 474 g/mol. The summed E-state index contributed by atoms with van der Waals surface area (Å²) in [5.74, 6) is -3.61. The Morgan fingerprint density at radius 2 is 2.12 bits per heavy atom. The van der Waals surface area contributed by atoms with Crippen molar-refractivity contribution in [2.24, 2.45) is 0 Å². The van der Waals surface area contributed by atoms with Gasteiger partial charge in [-0.2, -0.15) is 9.97 Å². The molecule has 1 aliphatic heterocycles. The van der Waals surface area contributed by atoms with E-state index in [2.05, 4.69) is 25.6 Å². The molecule has 2 aromatic heterocycles. The van der Waals surface area contributed by atoms with Crippen molar-refractivity contribution in [2.75, 3.05) is 25.6 Å². The first-order chi connectivity index (χ1) is 15.5. The van der Waals surface area contributed by atoms with Crippen molar-refractivity contribution < 1.29 is 38.0 Å². The number of esters is 1. The molecule has 1 saturated heterocycles. The number of nitrogens with zero attached hydrogens (tertiary/aromatic N) is 4. The van der Waals surface area contributed by atoms with Crippen molar-refractivity contribution in [3.63, 3.8) is 0 Å². The van der Waals surface area contributed by atoms with E-state index >= 15 is 0 Å². The Morgan fingerprint density at radius 1 is 1.42 bits per heavy atom. The van der Waals surface area contributed by atoms with Crippen LogP contribution >= 0.6 is 0 Å². The molecule has 3 heterocycles. The van der Waals surface area contributed by atoms with Gasteiger partial charge in [0.15, 0.2) is 29.8 Å². The molecule has 4 N–H and O–H groups in total. The maximum Gasteiger partial charge on any atom is 0.324 e. The van der Waals surface area contributed by atoms with Gasteiger partial charge in [0.25, 0.3) is 5.85 Å². The van der Waals surface area contributed by atoms with Crippen LogP contribution in [0.15, 0.2) is 6.33 Å². The third kappa shape index (κ3) is 4.55. The summed E-state index contributed by atoms with van der Waals surface area (Å²) >= 11 is 0. The molecular formula is C19H28F2N6O6.